The van der Waals surface area contributed by atoms with Gasteiger partial charge in [0.25, 0.3) is 11.8 Å². The SMILES string of the molecule is CN1CC(c2ccccc2F)=C(C(N)=O)C1=O. The number of nitrogens with two attached hydrogens (primary N) is 1. The number of primary amides is 1. The van der Waals surface area contributed by atoms with Crippen LogP contribution in [0.15, 0.2) is 29.8 Å². The molecule has 2 amide bonds. The van der Waals surface area contributed by atoms with Crippen LogP contribution in [0.4, 0.5) is 4.39 Å². The molecule has 2 rings (SSSR count). The van der Waals surface area contributed by atoms with E-state index in [0.29, 0.717) is 5.57 Å². The number of hydrogen-bond donors (Lipinski definition) is 1. The summed E-state index contributed by atoms with van der Waals surface area (Å²) in [7, 11) is 1.54. The average molecular weight is 234 g/mol. The van der Waals surface area contributed by atoms with Crippen molar-refractivity contribution in [1.29, 1.82) is 0 Å². The third kappa shape index (κ3) is 1.80. The molecular weight excluding hydrogens is 223 g/mol. The summed E-state index contributed by atoms with van der Waals surface area (Å²) in [4.78, 5) is 24.3. The van der Waals surface area contributed by atoms with E-state index in [4.69, 9.17) is 5.73 Å². The molecule has 0 aromatic heterocycles. The first kappa shape index (κ1) is 11.3. The lowest BCUT2D eigenvalue weighted by molar-refractivity contribution is -0.126. The minimum atomic E-state index is -0.822. The van der Waals surface area contributed by atoms with Crippen LogP contribution in [0.5, 0.6) is 0 Å². The molecule has 1 aromatic carbocycles. The highest BCUT2D eigenvalue weighted by atomic mass is 19.1. The molecule has 1 aliphatic rings. The fourth-order valence-corrected chi connectivity index (χ4v) is 1.89. The minimum absolute atomic E-state index is 0.127. The van der Waals surface area contributed by atoms with Crippen LogP contribution in [0.2, 0.25) is 0 Å². The van der Waals surface area contributed by atoms with E-state index < -0.39 is 17.6 Å². The van der Waals surface area contributed by atoms with Gasteiger partial charge >= 0.3 is 0 Å². The van der Waals surface area contributed by atoms with Crippen molar-refractivity contribution in [3.8, 4) is 0 Å². The molecule has 0 spiro atoms. The molecule has 0 bridgehead atoms. The summed E-state index contributed by atoms with van der Waals surface area (Å²) in [6, 6.07) is 6.00. The smallest absolute Gasteiger partial charge is 0.259 e. The topological polar surface area (TPSA) is 63.4 Å². The lowest BCUT2D eigenvalue weighted by atomic mass is 10.0. The highest BCUT2D eigenvalue weighted by Crippen LogP contribution is 2.28. The zero-order chi connectivity index (χ0) is 12.6. The van der Waals surface area contributed by atoms with Gasteiger partial charge in [-0.15, -0.1) is 0 Å². The van der Waals surface area contributed by atoms with E-state index in [1.807, 2.05) is 0 Å². The molecule has 0 saturated carbocycles. The maximum Gasteiger partial charge on any atom is 0.259 e. The summed E-state index contributed by atoms with van der Waals surface area (Å²) in [6.07, 6.45) is 0. The van der Waals surface area contributed by atoms with E-state index in [2.05, 4.69) is 0 Å². The maximum absolute atomic E-state index is 13.6. The van der Waals surface area contributed by atoms with Crippen LogP contribution in [0.25, 0.3) is 5.57 Å². The zero-order valence-corrected chi connectivity index (χ0v) is 9.24. The predicted molar refractivity (Wildman–Crippen MR) is 60.2 cm³/mol. The number of hydrogen-bond acceptors (Lipinski definition) is 2. The number of carbonyl (C=O) groups excluding carboxylic acids is 2. The van der Waals surface area contributed by atoms with Gasteiger partial charge in [-0.25, -0.2) is 4.39 Å². The van der Waals surface area contributed by atoms with Crippen LogP contribution in [-0.4, -0.2) is 30.3 Å². The van der Waals surface area contributed by atoms with Crippen molar-refractivity contribution in [1.82, 2.24) is 4.90 Å². The molecule has 88 valence electrons. The van der Waals surface area contributed by atoms with E-state index >= 15 is 0 Å². The van der Waals surface area contributed by atoms with Crippen molar-refractivity contribution >= 4 is 17.4 Å². The summed E-state index contributed by atoms with van der Waals surface area (Å²) >= 11 is 0. The van der Waals surface area contributed by atoms with Gasteiger partial charge in [-0.05, 0) is 11.6 Å². The third-order valence-corrected chi connectivity index (χ3v) is 2.70. The lowest BCUT2D eigenvalue weighted by Gasteiger charge is -2.08. The number of benzene rings is 1. The summed E-state index contributed by atoms with van der Waals surface area (Å²) in [5, 5.41) is 0. The number of halogens is 1. The molecule has 2 N–H and O–H groups in total. The Balaban J connectivity index is 2.60. The zero-order valence-electron chi connectivity index (χ0n) is 9.24. The summed E-state index contributed by atoms with van der Waals surface area (Å²) in [6.45, 7) is 0.193. The predicted octanol–water partition coefficient (Wildman–Crippen LogP) is 0.537. The van der Waals surface area contributed by atoms with Crippen LogP contribution in [0.3, 0.4) is 0 Å². The largest absolute Gasteiger partial charge is 0.365 e. The van der Waals surface area contributed by atoms with E-state index in [0.717, 1.165) is 0 Å². The second-order valence-corrected chi connectivity index (χ2v) is 3.86. The van der Waals surface area contributed by atoms with E-state index in [1.165, 1.54) is 17.0 Å². The lowest BCUT2D eigenvalue weighted by Crippen LogP contribution is -2.27. The molecular formula is C12H11FN2O2. The molecule has 0 fully saturated rings. The Morgan fingerprint density at radius 1 is 1.41 bits per heavy atom. The summed E-state index contributed by atoms with van der Waals surface area (Å²) in [5.41, 5.74) is 5.63. The van der Waals surface area contributed by atoms with Crippen molar-refractivity contribution < 1.29 is 14.0 Å². The molecule has 0 saturated heterocycles. The van der Waals surface area contributed by atoms with Crippen LogP contribution in [0, 0.1) is 5.82 Å². The fraction of sp³-hybridized carbons (Fsp3) is 0.167. The van der Waals surface area contributed by atoms with Crippen molar-refractivity contribution in [2.24, 2.45) is 5.73 Å². The summed E-state index contributed by atoms with van der Waals surface area (Å²) < 4.78 is 13.6. The Labute approximate surface area is 97.5 Å². The standard InChI is InChI=1S/C12H11FN2O2/c1-15-6-8(10(11(14)16)12(15)17)7-4-2-3-5-9(7)13/h2-5H,6H2,1H3,(H2,14,16). The molecule has 17 heavy (non-hydrogen) atoms. The van der Waals surface area contributed by atoms with Gasteiger partial charge in [-0.1, -0.05) is 18.2 Å². The number of nitrogens with zero attached hydrogens (tertiary/aromatic N) is 1. The first-order valence-electron chi connectivity index (χ1n) is 5.05. The highest BCUT2D eigenvalue weighted by molar-refractivity contribution is 6.25. The monoisotopic (exact) mass is 234 g/mol. The maximum atomic E-state index is 13.6. The van der Waals surface area contributed by atoms with Gasteiger partial charge in [0.1, 0.15) is 11.4 Å². The molecule has 1 heterocycles. The van der Waals surface area contributed by atoms with Crippen molar-refractivity contribution in [3.63, 3.8) is 0 Å². The second kappa shape index (κ2) is 4.01. The fourth-order valence-electron chi connectivity index (χ4n) is 1.89. The Bertz CT molecular complexity index is 537. The van der Waals surface area contributed by atoms with Crippen molar-refractivity contribution in [3.05, 3.63) is 41.2 Å². The normalized spacial score (nSPS) is 15.6. The van der Waals surface area contributed by atoms with Crippen LogP contribution in [0.1, 0.15) is 5.56 Å². The van der Waals surface area contributed by atoms with E-state index in [1.54, 1.807) is 19.2 Å². The van der Waals surface area contributed by atoms with Gasteiger partial charge in [0, 0.05) is 19.2 Å². The average Bonchev–Trinajstić information content (AvgIpc) is 2.56. The second-order valence-electron chi connectivity index (χ2n) is 3.86. The first-order valence-corrected chi connectivity index (χ1v) is 5.05. The highest BCUT2D eigenvalue weighted by Gasteiger charge is 2.32. The first-order chi connectivity index (χ1) is 8.02. The number of amides is 2. The number of carbonyl (C=O) groups is 2. The molecule has 0 unspecified atom stereocenters. The molecule has 0 atom stereocenters. The van der Waals surface area contributed by atoms with Gasteiger partial charge < -0.3 is 10.6 Å². The van der Waals surface area contributed by atoms with Crippen LogP contribution >= 0.6 is 0 Å². The molecule has 4 nitrogen and oxygen atoms in total. The number of likely N-dealkylation sites (N-methyl/N-ethyl adjacent to an activating group) is 1. The van der Waals surface area contributed by atoms with Gasteiger partial charge in [0.05, 0.1) is 0 Å². The van der Waals surface area contributed by atoms with E-state index in [-0.39, 0.29) is 17.7 Å². The molecule has 5 heteroatoms. The Kier molecular flexibility index (Phi) is 2.67. The Morgan fingerprint density at radius 2 is 2.06 bits per heavy atom. The third-order valence-electron chi connectivity index (χ3n) is 2.70. The summed E-state index contributed by atoms with van der Waals surface area (Å²) in [5.74, 6) is -1.75. The van der Waals surface area contributed by atoms with Gasteiger partial charge in [0.15, 0.2) is 0 Å². The van der Waals surface area contributed by atoms with Gasteiger partial charge in [-0.2, -0.15) is 0 Å². The molecule has 1 aliphatic heterocycles. The molecule has 1 aromatic rings. The Morgan fingerprint density at radius 3 is 2.65 bits per heavy atom. The number of rotatable bonds is 2. The minimum Gasteiger partial charge on any atom is -0.365 e. The Hall–Kier alpha value is -2.17. The van der Waals surface area contributed by atoms with E-state index in [9.17, 15) is 14.0 Å². The van der Waals surface area contributed by atoms with Crippen LogP contribution < -0.4 is 5.73 Å². The van der Waals surface area contributed by atoms with Crippen molar-refractivity contribution in [2.75, 3.05) is 13.6 Å². The van der Waals surface area contributed by atoms with Crippen LogP contribution in [-0.2, 0) is 9.59 Å². The van der Waals surface area contributed by atoms with Crippen molar-refractivity contribution in [2.45, 2.75) is 0 Å². The van der Waals surface area contributed by atoms with Gasteiger partial charge in [-0.3, -0.25) is 9.59 Å². The van der Waals surface area contributed by atoms with Gasteiger partial charge in [0.2, 0.25) is 0 Å². The quantitative estimate of drug-likeness (QED) is 0.759. The molecule has 0 radical (unpaired) electrons. The molecule has 0 aliphatic carbocycles.